The molecule has 1 saturated heterocycles. The van der Waals surface area contributed by atoms with Crippen molar-refractivity contribution in [3.63, 3.8) is 0 Å². The molecule has 1 aromatic heterocycles. The topological polar surface area (TPSA) is 62.3 Å². The van der Waals surface area contributed by atoms with Crippen molar-refractivity contribution in [3.05, 3.63) is 62.9 Å². The summed E-state index contributed by atoms with van der Waals surface area (Å²) in [4.78, 5) is 31.1. The van der Waals surface area contributed by atoms with Gasteiger partial charge in [-0.15, -0.1) is 11.3 Å². The van der Waals surface area contributed by atoms with E-state index in [-0.39, 0.29) is 18.2 Å². The van der Waals surface area contributed by atoms with Gasteiger partial charge in [-0.05, 0) is 36.4 Å². The van der Waals surface area contributed by atoms with Crippen LogP contribution in [0.4, 0.5) is 10.8 Å². The third-order valence-corrected chi connectivity index (χ3v) is 6.10. The van der Waals surface area contributed by atoms with Crippen LogP contribution in [0.2, 0.25) is 15.1 Å². The molecular formula is C20H14Cl3N3O2S. The van der Waals surface area contributed by atoms with Gasteiger partial charge in [0.25, 0.3) is 0 Å². The Labute approximate surface area is 186 Å². The van der Waals surface area contributed by atoms with Crippen LogP contribution in [0.1, 0.15) is 6.42 Å². The zero-order valence-electron chi connectivity index (χ0n) is 14.9. The SMILES string of the molecule is O=C(Nc1nc(-c2ccc(Cl)cc2Cl)cs1)C1CC(=O)N(c2cccc(Cl)c2)C1. The van der Waals surface area contributed by atoms with Gasteiger partial charge in [-0.2, -0.15) is 0 Å². The van der Waals surface area contributed by atoms with Crippen molar-refractivity contribution in [3.8, 4) is 11.3 Å². The number of rotatable bonds is 4. The highest BCUT2D eigenvalue weighted by Gasteiger charge is 2.35. The smallest absolute Gasteiger partial charge is 0.231 e. The molecule has 2 aromatic carbocycles. The highest BCUT2D eigenvalue weighted by atomic mass is 35.5. The van der Waals surface area contributed by atoms with Crippen molar-refractivity contribution in [2.45, 2.75) is 6.42 Å². The number of carbonyl (C=O) groups excluding carboxylic acids is 2. The fourth-order valence-electron chi connectivity index (χ4n) is 3.14. The number of anilines is 2. The molecule has 2 amide bonds. The Bertz CT molecular complexity index is 1100. The van der Waals surface area contributed by atoms with E-state index >= 15 is 0 Å². The van der Waals surface area contributed by atoms with Crippen LogP contribution in [-0.4, -0.2) is 23.3 Å². The summed E-state index contributed by atoms with van der Waals surface area (Å²) in [6.07, 6.45) is 0.138. The number of halogens is 3. The van der Waals surface area contributed by atoms with Gasteiger partial charge >= 0.3 is 0 Å². The minimum absolute atomic E-state index is 0.111. The van der Waals surface area contributed by atoms with Crippen LogP contribution in [0.5, 0.6) is 0 Å². The van der Waals surface area contributed by atoms with Crippen LogP contribution in [-0.2, 0) is 9.59 Å². The van der Waals surface area contributed by atoms with Gasteiger partial charge in [0.1, 0.15) is 0 Å². The first-order valence-corrected chi connectivity index (χ1v) is 10.7. The summed E-state index contributed by atoms with van der Waals surface area (Å²) in [7, 11) is 0. The highest BCUT2D eigenvalue weighted by molar-refractivity contribution is 7.14. The van der Waals surface area contributed by atoms with Crippen LogP contribution < -0.4 is 10.2 Å². The predicted molar refractivity (Wildman–Crippen MR) is 118 cm³/mol. The number of thiazole rings is 1. The van der Waals surface area contributed by atoms with Crippen molar-refractivity contribution >= 4 is 68.8 Å². The molecule has 0 spiro atoms. The van der Waals surface area contributed by atoms with E-state index in [1.54, 1.807) is 47.4 Å². The number of nitrogens with one attached hydrogen (secondary N) is 1. The molecule has 4 rings (SSSR count). The molecule has 1 aliphatic heterocycles. The van der Waals surface area contributed by atoms with Crippen LogP contribution in [0.15, 0.2) is 47.8 Å². The maximum atomic E-state index is 12.7. The van der Waals surface area contributed by atoms with E-state index in [1.807, 2.05) is 5.38 Å². The molecule has 5 nitrogen and oxygen atoms in total. The molecule has 1 N–H and O–H groups in total. The molecule has 9 heteroatoms. The number of amides is 2. The summed E-state index contributed by atoms with van der Waals surface area (Å²) in [6.45, 7) is 0.298. The van der Waals surface area contributed by atoms with Gasteiger partial charge in [-0.1, -0.05) is 40.9 Å². The van der Waals surface area contributed by atoms with Gasteiger partial charge in [0.05, 0.1) is 16.6 Å². The molecule has 29 heavy (non-hydrogen) atoms. The van der Waals surface area contributed by atoms with E-state index in [4.69, 9.17) is 34.8 Å². The maximum absolute atomic E-state index is 12.7. The lowest BCUT2D eigenvalue weighted by molar-refractivity contribution is -0.122. The van der Waals surface area contributed by atoms with E-state index in [0.717, 1.165) is 5.56 Å². The fourth-order valence-corrected chi connectivity index (χ4v) is 4.54. The second-order valence-corrected chi connectivity index (χ2v) is 8.67. The summed E-state index contributed by atoms with van der Waals surface area (Å²) >= 11 is 19.5. The van der Waals surface area contributed by atoms with Gasteiger partial charge in [0, 0.05) is 39.6 Å². The number of benzene rings is 2. The second-order valence-electron chi connectivity index (χ2n) is 6.54. The molecule has 3 aromatic rings. The quantitative estimate of drug-likeness (QED) is 0.531. The molecule has 0 radical (unpaired) electrons. The van der Waals surface area contributed by atoms with E-state index in [9.17, 15) is 9.59 Å². The van der Waals surface area contributed by atoms with Crippen molar-refractivity contribution in [2.24, 2.45) is 5.92 Å². The molecule has 0 saturated carbocycles. The molecule has 0 bridgehead atoms. The summed E-state index contributed by atoms with van der Waals surface area (Å²) in [6, 6.07) is 12.2. The number of hydrogen-bond donors (Lipinski definition) is 1. The first kappa shape index (κ1) is 20.2. The number of aromatic nitrogens is 1. The normalized spacial score (nSPS) is 16.3. The third-order valence-electron chi connectivity index (χ3n) is 4.56. The Kier molecular flexibility index (Phi) is 5.79. The fraction of sp³-hybridized carbons (Fsp3) is 0.150. The Balaban J connectivity index is 1.45. The zero-order valence-corrected chi connectivity index (χ0v) is 17.9. The van der Waals surface area contributed by atoms with Crippen LogP contribution in [0.25, 0.3) is 11.3 Å². The Morgan fingerprint density at radius 3 is 2.69 bits per heavy atom. The minimum atomic E-state index is -0.465. The maximum Gasteiger partial charge on any atom is 0.231 e. The standard InChI is InChI=1S/C20H14Cl3N3O2S/c21-12-2-1-3-14(7-12)26-9-11(6-18(26)27)19(28)25-20-24-17(10-29-20)15-5-4-13(22)8-16(15)23/h1-5,7-8,10-11H,6,9H2,(H,24,25,28). The Morgan fingerprint density at radius 1 is 1.14 bits per heavy atom. The summed E-state index contributed by atoms with van der Waals surface area (Å²) < 4.78 is 0. The number of carbonyl (C=O) groups is 2. The lowest BCUT2D eigenvalue weighted by Gasteiger charge is -2.16. The van der Waals surface area contributed by atoms with Crippen LogP contribution in [0.3, 0.4) is 0 Å². The molecule has 0 aliphatic carbocycles. The average Bonchev–Trinajstić information content (AvgIpc) is 3.28. The summed E-state index contributed by atoms with van der Waals surface area (Å²) in [5, 5.41) is 6.63. The first-order chi connectivity index (χ1) is 13.9. The number of nitrogens with zero attached hydrogens (tertiary/aromatic N) is 2. The van der Waals surface area contributed by atoms with Crippen molar-refractivity contribution < 1.29 is 9.59 Å². The largest absolute Gasteiger partial charge is 0.312 e. The molecule has 148 valence electrons. The van der Waals surface area contributed by atoms with Gasteiger partial charge in [0.15, 0.2) is 5.13 Å². The van der Waals surface area contributed by atoms with Crippen LogP contribution in [0, 0.1) is 5.92 Å². The second kappa shape index (κ2) is 8.32. The van der Waals surface area contributed by atoms with Gasteiger partial charge in [-0.25, -0.2) is 4.98 Å². The van der Waals surface area contributed by atoms with E-state index in [1.165, 1.54) is 11.3 Å². The highest BCUT2D eigenvalue weighted by Crippen LogP contribution is 2.33. The lowest BCUT2D eigenvalue weighted by atomic mass is 10.1. The predicted octanol–water partition coefficient (Wildman–Crippen LogP) is 5.76. The van der Waals surface area contributed by atoms with E-state index in [2.05, 4.69) is 10.3 Å². The Hall–Kier alpha value is -2.12. The molecular weight excluding hydrogens is 453 g/mol. The lowest BCUT2D eigenvalue weighted by Crippen LogP contribution is -2.28. The van der Waals surface area contributed by atoms with Gasteiger partial charge < -0.3 is 10.2 Å². The summed E-state index contributed by atoms with van der Waals surface area (Å²) in [5.74, 6) is -0.820. The van der Waals surface area contributed by atoms with Gasteiger partial charge in [0.2, 0.25) is 11.8 Å². The molecule has 1 aliphatic rings. The van der Waals surface area contributed by atoms with Crippen LogP contribution >= 0.6 is 46.1 Å². The molecule has 1 fully saturated rings. The molecule has 2 heterocycles. The van der Waals surface area contributed by atoms with Crippen molar-refractivity contribution in [1.82, 2.24) is 4.98 Å². The third kappa shape index (κ3) is 4.41. The Morgan fingerprint density at radius 2 is 1.93 bits per heavy atom. The molecule has 1 atom stereocenters. The first-order valence-electron chi connectivity index (χ1n) is 8.68. The van der Waals surface area contributed by atoms with Gasteiger partial charge in [-0.3, -0.25) is 9.59 Å². The zero-order chi connectivity index (χ0) is 20.5. The van der Waals surface area contributed by atoms with E-state index in [0.29, 0.717) is 38.1 Å². The average molecular weight is 467 g/mol. The number of hydrogen-bond acceptors (Lipinski definition) is 4. The van der Waals surface area contributed by atoms with E-state index < -0.39 is 5.92 Å². The summed E-state index contributed by atoms with van der Waals surface area (Å²) in [5.41, 5.74) is 2.07. The molecule has 1 unspecified atom stereocenters. The minimum Gasteiger partial charge on any atom is -0.312 e. The van der Waals surface area contributed by atoms with Crippen molar-refractivity contribution in [1.29, 1.82) is 0 Å². The monoisotopic (exact) mass is 465 g/mol. The van der Waals surface area contributed by atoms with Crippen molar-refractivity contribution in [2.75, 3.05) is 16.8 Å².